The molecule has 1 unspecified atom stereocenters. The summed E-state index contributed by atoms with van der Waals surface area (Å²) >= 11 is 1.35. The highest BCUT2D eigenvalue weighted by molar-refractivity contribution is 7.13. The van der Waals surface area contributed by atoms with E-state index >= 15 is 0 Å². The molecule has 0 bridgehead atoms. The summed E-state index contributed by atoms with van der Waals surface area (Å²) in [6, 6.07) is 6.52. The first-order chi connectivity index (χ1) is 12.5. The molecule has 2 aromatic rings. The lowest BCUT2D eigenvalue weighted by Crippen LogP contribution is -2.52. The molecule has 138 valence electrons. The molecule has 1 aromatic heterocycles. The molecular weight excluding hydrogens is 356 g/mol. The van der Waals surface area contributed by atoms with Gasteiger partial charge in [-0.1, -0.05) is 0 Å². The van der Waals surface area contributed by atoms with Gasteiger partial charge in [0.05, 0.1) is 19.3 Å². The number of nitrogens with zero attached hydrogens (tertiary/aromatic N) is 2. The summed E-state index contributed by atoms with van der Waals surface area (Å²) in [4.78, 5) is 29.7. The van der Waals surface area contributed by atoms with Crippen LogP contribution in [0.1, 0.15) is 24.3 Å². The van der Waals surface area contributed by atoms with Gasteiger partial charge in [0.2, 0.25) is 0 Å². The number of amides is 1. The Labute approximate surface area is 155 Å². The maximum absolute atomic E-state index is 12.7. The summed E-state index contributed by atoms with van der Waals surface area (Å²) in [5, 5.41) is 11.6. The van der Waals surface area contributed by atoms with Crippen molar-refractivity contribution in [2.45, 2.75) is 26.0 Å². The van der Waals surface area contributed by atoms with Gasteiger partial charge in [-0.25, -0.2) is 9.78 Å². The molecule has 0 saturated carbocycles. The number of ether oxygens (including phenoxy) is 2. The lowest BCUT2D eigenvalue weighted by Gasteiger charge is -2.32. The minimum absolute atomic E-state index is 0.00458. The molecule has 1 N–H and O–H groups in total. The summed E-state index contributed by atoms with van der Waals surface area (Å²) in [6.45, 7) is 4.48. The summed E-state index contributed by atoms with van der Waals surface area (Å²) in [6.07, 6.45) is 0.0978. The summed E-state index contributed by atoms with van der Waals surface area (Å²) < 4.78 is 10.8. The highest BCUT2D eigenvalue weighted by Crippen LogP contribution is 2.27. The summed E-state index contributed by atoms with van der Waals surface area (Å²) in [5.74, 6) is -0.688. The Morgan fingerprint density at radius 2 is 2.08 bits per heavy atom. The first kappa shape index (κ1) is 18.3. The van der Waals surface area contributed by atoms with E-state index in [9.17, 15) is 14.7 Å². The van der Waals surface area contributed by atoms with E-state index < -0.39 is 12.0 Å². The molecule has 1 saturated heterocycles. The Morgan fingerprint density at radius 3 is 2.73 bits per heavy atom. The number of carbonyl (C=O) groups is 2. The minimum atomic E-state index is -1.07. The predicted molar refractivity (Wildman–Crippen MR) is 96.6 cm³/mol. The second-order valence-electron chi connectivity index (χ2n) is 6.16. The molecule has 1 amide bonds. The van der Waals surface area contributed by atoms with Crippen LogP contribution in [-0.4, -0.2) is 58.8 Å². The van der Waals surface area contributed by atoms with Crippen LogP contribution in [0.25, 0.3) is 10.6 Å². The molecule has 26 heavy (non-hydrogen) atoms. The molecule has 0 spiro atoms. The van der Waals surface area contributed by atoms with Crippen LogP contribution >= 0.6 is 11.3 Å². The molecule has 1 aliphatic rings. The number of carboxylic acid groups (broad SMARTS) is 1. The van der Waals surface area contributed by atoms with E-state index in [4.69, 9.17) is 9.47 Å². The van der Waals surface area contributed by atoms with Crippen molar-refractivity contribution in [2.75, 3.05) is 19.8 Å². The maximum Gasteiger partial charge on any atom is 0.328 e. The van der Waals surface area contributed by atoms with Crippen molar-refractivity contribution in [2.24, 2.45) is 0 Å². The summed E-state index contributed by atoms with van der Waals surface area (Å²) in [5.41, 5.74) is 1.13. The largest absolute Gasteiger partial charge is 0.491 e. The normalized spacial score (nSPS) is 17.3. The third kappa shape index (κ3) is 4.03. The number of thiazole rings is 1. The van der Waals surface area contributed by atoms with Crippen molar-refractivity contribution in [1.29, 1.82) is 0 Å². The van der Waals surface area contributed by atoms with Crippen LogP contribution in [0.2, 0.25) is 0 Å². The second-order valence-corrected chi connectivity index (χ2v) is 7.01. The average Bonchev–Trinajstić information content (AvgIpc) is 3.11. The van der Waals surface area contributed by atoms with Gasteiger partial charge in [-0.3, -0.25) is 4.79 Å². The van der Waals surface area contributed by atoms with Gasteiger partial charge in [0.15, 0.2) is 6.04 Å². The van der Waals surface area contributed by atoms with E-state index in [-0.39, 0.29) is 30.9 Å². The highest BCUT2D eigenvalue weighted by Gasteiger charge is 2.34. The van der Waals surface area contributed by atoms with Gasteiger partial charge in [0.1, 0.15) is 16.5 Å². The standard InChI is InChI=1S/C18H20N2O5S/c1-11(2)25-13-5-3-12(4-6-13)16-19-14(10-26-16)17(21)20-7-8-24-9-15(20)18(22)23/h3-6,10-11,15H,7-9H2,1-2H3,(H,22,23). The number of aromatic nitrogens is 1. The quantitative estimate of drug-likeness (QED) is 0.863. The fraction of sp³-hybridized carbons (Fsp3) is 0.389. The molecule has 1 atom stereocenters. The zero-order chi connectivity index (χ0) is 18.7. The maximum atomic E-state index is 12.7. The van der Waals surface area contributed by atoms with Crippen molar-refractivity contribution >= 4 is 23.2 Å². The lowest BCUT2D eigenvalue weighted by molar-refractivity contribution is -0.147. The van der Waals surface area contributed by atoms with E-state index in [1.807, 2.05) is 38.1 Å². The molecule has 3 rings (SSSR count). The molecule has 1 fully saturated rings. The van der Waals surface area contributed by atoms with Crippen LogP contribution in [-0.2, 0) is 9.53 Å². The Bertz CT molecular complexity index is 787. The van der Waals surface area contributed by atoms with E-state index in [1.165, 1.54) is 16.2 Å². The second kappa shape index (κ2) is 7.84. The van der Waals surface area contributed by atoms with Gasteiger partial charge in [-0.2, -0.15) is 0 Å². The van der Waals surface area contributed by atoms with E-state index in [0.717, 1.165) is 11.3 Å². The highest BCUT2D eigenvalue weighted by atomic mass is 32.1. The topological polar surface area (TPSA) is 89.0 Å². The van der Waals surface area contributed by atoms with Gasteiger partial charge >= 0.3 is 5.97 Å². The van der Waals surface area contributed by atoms with Crippen molar-refractivity contribution < 1.29 is 24.2 Å². The molecule has 0 radical (unpaired) electrons. The Kier molecular flexibility index (Phi) is 5.53. The molecule has 7 nitrogen and oxygen atoms in total. The van der Waals surface area contributed by atoms with Gasteiger partial charge in [-0.15, -0.1) is 11.3 Å². The smallest absolute Gasteiger partial charge is 0.328 e. The third-order valence-electron chi connectivity index (χ3n) is 3.87. The van der Waals surface area contributed by atoms with Crippen LogP contribution in [0.15, 0.2) is 29.6 Å². The Morgan fingerprint density at radius 1 is 1.35 bits per heavy atom. The zero-order valence-corrected chi connectivity index (χ0v) is 15.4. The lowest BCUT2D eigenvalue weighted by atomic mass is 10.2. The number of rotatable bonds is 5. The number of carboxylic acids is 1. The Hall–Kier alpha value is -2.45. The SMILES string of the molecule is CC(C)Oc1ccc(-c2nc(C(=O)N3CCOCC3C(=O)O)cs2)cc1. The molecule has 1 aliphatic heterocycles. The number of hydrogen-bond acceptors (Lipinski definition) is 6. The molecule has 8 heteroatoms. The molecular formula is C18H20N2O5S. The zero-order valence-electron chi connectivity index (χ0n) is 14.5. The predicted octanol–water partition coefficient (Wildman–Crippen LogP) is 2.52. The van der Waals surface area contributed by atoms with Crippen LogP contribution in [0.3, 0.4) is 0 Å². The summed E-state index contributed by atoms with van der Waals surface area (Å²) in [7, 11) is 0. The first-order valence-electron chi connectivity index (χ1n) is 8.30. The van der Waals surface area contributed by atoms with E-state index in [0.29, 0.717) is 11.6 Å². The fourth-order valence-corrected chi connectivity index (χ4v) is 3.45. The number of aliphatic carboxylic acids is 1. The van der Waals surface area contributed by atoms with Crippen LogP contribution in [0.4, 0.5) is 0 Å². The molecule has 2 heterocycles. The van der Waals surface area contributed by atoms with Crippen LogP contribution < -0.4 is 4.74 Å². The van der Waals surface area contributed by atoms with Gasteiger partial charge in [0.25, 0.3) is 5.91 Å². The van der Waals surface area contributed by atoms with Crippen LogP contribution in [0.5, 0.6) is 5.75 Å². The first-order valence-corrected chi connectivity index (χ1v) is 9.18. The van der Waals surface area contributed by atoms with E-state index in [1.54, 1.807) is 5.38 Å². The van der Waals surface area contributed by atoms with Gasteiger partial charge < -0.3 is 19.5 Å². The Balaban J connectivity index is 1.76. The minimum Gasteiger partial charge on any atom is -0.491 e. The van der Waals surface area contributed by atoms with Crippen molar-refractivity contribution in [3.8, 4) is 16.3 Å². The van der Waals surface area contributed by atoms with Crippen molar-refractivity contribution in [1.82, 2.24) is 9.88 Å². The molecule has 1 aromatic carbocycles. The number of morpholine rings is 1. The van der Waals surface area contributed by atoms with Crippen molar-refractivity contribution in [3.05, 3.63) is 35.3 Å². The third-order valence-corrected chi connectivity index (χ3v) is 4.76. The fourth-order valence-electron chi connectivity index (χ4n) is 2.65. The number of carbonyl (C=O) groups excluding carboxylic acids is 1. The van der Waals surface area contributed by atoms with Gasteiger partial charge in [-0.05, 0) is 38.1 Å². The van der Waals surface area contributed by atoms with Gasteiger partial charge in [0, 0.05) is 17.5 Å². The van der Waals surface area contributed by atoms with E-state index in [2.05, 4.69) is 4.98 Å². The molecule has 0 aliphatic carbocycles. The van der Waals surface area contributed by atoms with Crippen molar-refractivity contribution in [3.63, 3.8) is 0 Å². The average molecular weight is 376 g/mol. The monoisotopic (exact) mass is 376 g/mol. The van der Waals surface area contributed by atoms with Crippen LogP contribution in [0, 0.1) is 0 Å². The number of benzene rings is 1. The number of hydrogen-bond donors (Lipinski definition) is 1.